The number of methoxy groups -OCH3 is 1. The van der Waals surface area contributed by atoms with Crippen LogP contribution in [0.4, 0.5) is 0 Å². The van der Waals surface area contributed by atoms with Crippen molar-refractivity contribution >= 4 is 16.7 Å². The van der Waals surface area contributed by atoms with Crippen molar-refractivity contribution in [1.29, 1.82) is 0 Å². The Labute approximate surface area is 238 Å². The van der Waals surface area contributed by atoms with Gasteiger partial charge in [0.05, 0.1) is 20.3 Å². The fourth-order valence-electron chi connectivity index (χ4n) is 3.87. The number of carbonyl (C=O) groups excluding carboxylic acids is 1. The molecule has 2 heterocycles. The van der Waals surface area contributed by atoms with E-state index in [0.717, 1.165) is 0 Å². The first kappa shape index (κ1) is 33.2. The minimum atomic E-state index is -5.42. The molecule has 1 aromatic carbocycles. The van der Waals surface area contributed by atoms with Gasteiger partial charge in [-0.2, -0.15) is 0 Å². The van der Waals surface area contributed by atoms with Gasteiger partial charge in [-0.1, -0.05) is 0 Å². The second kappa shape index (κ2) is 14.1. The molecule has 210 valence electrons. The van der Waals surface area contributed by atoms with Crippen LogP contribution in [0.25, 0.3) is 0 Å². The maximum Gasteiger partial charge on any atom is 1.00 e. The van der Waals surface area contributed by atoms with E-state index in [0.29, 0.717) is 6.29 Å². The third-order valence-corrected chi connectivity index (χ3v) is 6.19. The summed E-state index contributed by atoms with van der Waals surface area (Å²) in [5, 5.41) is 61.1. The Bertz CT molecular complexity index is 1020. The second-order valence-corrected chi connectivity index (χ2v) is 9.14. The molecule has 6 N–H and O–H groups in total. The molecule has 0 radical (unpaired) electrons. The van der Waals surface area contributed by atoms with Gasteiger partial charge < -0.3 is 58.9 Å². The molecule has 2 aliphatic rings. The van der Waals surface area contributed by atoms with E-state index in [-0.39, 0.29) is 46.6 Å². The van der Waals surface area contributed by atoms with Crippen LogP contribution in [0.2, 0.25) is 0 Å². The van der Waals surface area contributed by atoms with E-state index in [2.05, 4.69) is 4.18 Å². The van der Waals surface area contributed by atoms with Crippen LogP contribution in [-0.2, 0) is 28.8 Å². The summed E-state index contributed by atoms with van der Waals surface area (Å²) in [6, 6.07) is 4.08. The van der Waals surface area contributed by atoms with Gasteiger partial charge in [0.15, 0.2) is 17.8 Å². The molecule has 0 amide bonds. The van der Waals surface area contributed by atoms with Gasteiger partial charge in [-0.05, 0) is 18.2 Å². The molecule has 10 atom stereocenters. The fourth-order valence-corrected chi connectivity index (χ4v) is 4.37. The van der Waals surface area contributed by atoms with Crippen LogP contribution in [0.1, 0.15) is 10.4 Å². The monoisotopic (exact) mass is 578 g/mol. The standard InChI is InChI=1S/C20H28O16S.Na/c1-31-10-4-8(5-21)2-3-9(10)32-19-15(26)14(25)17(12(7-23)34-19)35-20-16(27)18(36-37(28,29)30)13(24)11(6-22)33-20;/h2-5,11-20,22-27H,6-7H2,1H3,(H,28,29,30);/q;+1/p-1/t11-,12-,13+,14-,15-,16-,17-,18+,19-,20+;/m1./s1. The summed E-state index contributed by atoms with van der Waals surface area (Å²) in [6.45, 7) is -1.73. The summed E-state index contributed by atoms with van der Waals surface area (Å²) < 4.78 is 64.1. The number of hydrogen-bond donors (Lipinski definition) is 6. The van der Waals surface area contributed by atoms with Crippen LogP contribution in [0, 0.1) is 0 Å². The number of aliphatic hydroxyl groups is 6. The Morgan fingerprint density at radius 2 is 1.55 bits per heavy atom. The normalized spacial score (nSPS) is 35.7. The van der Waals surface area contributed by atoms with Crippen LogP contribution in [-0.4, -0.2) is 132 Å². The molecule has 1 aromatic rings. The number of carbonyl (C=O) groups is 1. The predicted molar refractivity (Wildman–Crippen MR) is 114 cm³/mol. The number of ether oxygens (including phenoxy) is 5. The average Bonchev–Trinajstić information content (AvgIpc) is 2.87. The molecule has 2 saturated heterocycles. The van der Waals surface area contributed by atoms with Crippen molar-refractivity contribution < 1.29 is 106 Å². The van der Waals surface area contributed by atoms with Gasteiger partial charge in [-0.3, -0.25) is 8.98 Å². The summed E-state index contributed by atoms with van der Waals surface area (Å²) in [5.74, 6) is 0.116. The van der Waals surface area contributed by atoms with Gasteiger partial charge in [0.2, 0.25) is 16.7 Å². The molecule has 2 fully saturated rings. The summed E-state index contributed by atoms with van der Waals surface area (Å²) >= 11 is 0. The van der Waals surface area contributed by atoms with E-state index < -0.39 is 85.0 Å². The zero-order valence-corrected chi connectivity index (χ0v) is 23.0. The average molecular weight is 578 g/mol. The number of rotatable bonds is 10. The van der Waals surface area contributed by atoms with Crippen molar-refractivity contribution in [3.05, 3.63) is 23.8 Å². The molecule has 0 saturated carbocycles. The van der Waals surface area contributed by atoms with Crippen molar-refractivity contribution in [2.24, 2.45) is 0 Å². The Kier molecular flexibility index (Phi) is 12.3. The zero-order valence-electron chi connectivity index (χ0n) is 20.2. The van der Waals surface area contributed by atoms with Gasteiger partial charge in [-0.25, -0.2) is 8.42 Å². The first-order valence-corrected chi connectivity index (χ1v) is 12.1. The first-order valence-electron chi connectivity index (χ1n) is 10.8. The number of aliphatic hydroxyl groups excluding tert-OH is 6. The Morgan fingerprint density at radius 1 is 0.921 bits per heavy atom. The minimum absolute atomic E-state index is 0. The summed E-state index contributed by atoms with van der Waals surface area (Å²) in [5.41, 5.74) is 0.264. The smallest absolute Gasteiger partial charge is 0.726 e. The van der Waals surface area contributed by atoms with E-state index in [1.54, 1.807) is 0 Å². The molecular formula is C20H27NaO16S. The topological polar surface area (TPSA) is 251 Å². The molecule has 0 spiro atoms. The zero-order chi connectivity index (χ0) is 27.5. The number of aldehydes is 1. The maximum atomic E-state index is 11.0. The quantitative estimate of drug-likeness (QED) is 0.0653. The van der Waals surface area contributed by atoms with E-state index in [1.807, 2.05) is 0 Å². The molecule has 38 heavy (non-hydrogen) atoms. The number of benzene rings is 1. The molecule has 18 heteroatoms. The van der Waals surface area contributed by atoms with Gasteiger partial charge >= 0.3 is 29.6 Å². The molecule has 3 rings (SSSR count). The predicted octanol–water partition coefficient (Wildman–Crippen LogP) is -7.00. The maximum absolute atomic E-state index is 11.0. The minimum Gasteiger partial charge on any atom is -0.726 e. The van der Waals surface area contributed by atoms with Crippen LogP contribution in [0.15, 0.2) is 18.2 Å². The van der Waals surface area contributed by atoms with Crippen molar-refractivity contribution in [2.45, 2.75) is 61.4 Å². The van der Waals surface area contributed by atoms with Crippen molar-refractivity contribution in [2.75, 3.05) is 20.3 Å². The van der Waals surface area contributed by atoms with E-state index in [4.69, 9.17) is 23.7 Å². The van der Waals surface area contributed by atoms with Gasteiger partial charge in [-0.15, -0.1) is 0 Å². The Morgan fingerprint density at radius 3 is 2.11 bits per heavy atom. The summed E-state index contributed by atoms with van der Waals surface area (Å²) in [6.07, 6.45) is -17.5. The van der Waals surface area contributed by atoms with Crippen molar-refractivity contribution in [3.63, 3.8) is 0 Å². The van der Waals surface area contributed by atoms with Crippen LogP contribution in [0.5, 0.6) is 11.5 Å². The summed E-state index contributed by atoms with van der Waals surface area (Å²) in [7, 11) is -4.13. The molecule has 0 unspecified atom stereocenters. The third kappa shape index (κ3) is 7.59. The summed E-state index contributed by atoms with van der Waals surface area (Å²) in [4.78, 5) is 11.0. The van der Waals surface area contributed by atoms with Gasteiger partial charge in [0.1, 0.15) is 55.1 Å². The van der Waals surface area contributed by atoms with E-state index >= 15 is 0 Å². The molecule has 0 aliphatic carbocycles. The Balaban J connectivity index is 0.00000507. The Hall–Kier alpha value is -1.00. The first-order chi connectivity index (χ1) is 17.4. The van der Waals surface area contributed by atoms with Crippen LogP contribution in [0.3, 0.4) is 0 Å². The second-order valence-electron chi connectivity index (χ2n) is 8.13. The largest absolute Gasteiger partial charge is 1.00 e. The number of hydrogen-bond acceptors (Lipinski definition) is 16. The molecule has 2 aliphatic heterocycles. The molecular weight excluding hydrogens is 551 g/mol. The third-order valence-electron chi connectivity index (χ3n) is 5.73. The van der Waals surface area contributed by atoms with E-state index in [9.17, 15) is 48.4 Å². The molecule has 0 aromatic heterocycles. The SMILES string of the molecule is COc1cc(C=O)ccc1O[C@@H]1O[C@H](CO)[C@@H](O[C@@H]2O[C@H](CO)[C@H](O)[C@H](OS(=O)(=O)[O-])[C@H]2O)[C@H](O)[C@H]1O.[Na+]. The molecule has 0 bridgehead atoms. The van der Waals surface area contributed by atoms with Gasteiger partial charge in [0, 0.05) is 5.56 Å². The van der Waals surface area contributed by atoms with Crippen molar-refractivity contribution in [1.82, 2.24) is 0 Å². The van der Waals surface area contributed by atoms with Crippen LogP contribution < -0.4 is 39.0 Å². The fraction of sp³-hybridized carbons (Fsp3) is 0.650. The van der Waals surface area contributed by atoms with Crippen LogP contribution >= 0.6 is 0 Å². The van der Waals surface area contributed by atoms with Gasteiger partial charge in [0.25, 0.3) is 0 Å². The van der Waals surface area contributed by atoms with Crippen molar-refractivity contribution in [3.8, 4) is 11.5 Å². The molecule has 16 nitrogen and oxygen atoms in total. The van der Waals surface area contributed by atoms with E-state index in [1.165, 1.54) is 25.3 Å².